The zero-order chi connectivity index (χ0) is 13.4. The van der Waals surface area contributed by atoms with Crippen LogP contribution < -0.4 is 10.2 Å². The summed E-state index contributed by atoms with van der Waals surface area (Å²) < 4.78 is 0. The molecule has 0 unspecified atom stereocenters. The zero-order valence-electron chi connectivity index (χ0n) is 12.2. The maximum absolute atomic E-state index is 5.00. The van der Waals surface area contributed by atoms with Gasteiger partial charge in [-0.3, -0.25) is 0 Å². The number of aryl methyl sites for hydroxylation is 1. The highest BCUT2D eigenvalue weighted by Gasteiger charge is 2.30. The van der Waals surface area contributed by atoms with Crippen molar-refractivity contribution >= 4 is 5.82 Å². The van der Waals surface area contributed by atoms with Gasteiger partial charge in [0.1, 0.15) is 11.6 Å². The summed E-state index contributed by atoms with van der Waals surface area (Å²) in [6.07, 6.45) is 8.75. The summed E-state index contributed by atoms with van der Waals surface area (Å²) in [4.78, 5) is 12.4. The molecule has 108 valence electrons. The first kappa shape index (κ1) is 12.6. The van der Waals surface area contributed by atoms with Gasteiger partial charge in [0.05, 0.1) is 0 Å². The summed E-state index contributed by atoms with van der Waals surface area (Å²) in [6.45, 7) is 4.45. The minimum Gasteiger partial charge on any atom is -0.355 e. The van der Waals surface area contributed by atoms with E-state index in [0.717, 1.165) is 38.4 Å². The van der Waals surface area contributed by atoms with Gasteiger partial charge < -0.3 is 10.2 Å². The third-order valence-corrected chi connectivity index (χ3v) is 4.76. The van der Waals surface area contributed by atoms with Gasteiger partial charge in [-0.05, 0) is 51.5 Å². The first-order valence-electron chi connectivity index (χ1n) is 8.27. The molecule has 3 aliphatic rings. The Kier molecular flexibility index (Phi) is 3.34. The molecule has 1 aromatic rings. The number of nitrogens with one attached hydrogen (secondary N) is 1. The van der Waals surface area contributed by atoms with Crippen LogP contribution in [0, 0.1) is 0 Å². The lowest BCUT2D eigenvalue weighted by molar-refractivity contribution is 0.645. The predicted molar refractivity (Wildman–Crippen MR) is 80.3 cm³/mol. The first-order valence-corrected chi connectivity index (χ1v) is 8.27. The van der Waals surface area contributed by atoms with E-state index in [0.29, 0.717) is 5.92 Å². The van der Waals surface area contributed by atoms with Crippen LogP contribution in [-0.4, -0.2) is 36.1 Å². The molecule has 2 fully saturated rings. The van der Waals surface area contributed by atoms with Crippen molar-refractivity contribution in [1.29, 1.82) is 0 Å². The van der Waals surface area contributed by atoms with Crippen LogP contribution in [0.2, 0.25) is 0 Å². The van der Waals surface area contributed by atoms with Gasteiger partial charge in [-0.2, -0.15) is 0 Å². The largest absolute Gasteiger partial charge is 0.355 e. The Morgan fingerprint density at radius 1 is 0.950 bits per heavy atom. The summed E-state index contributed by atoms with van der Waals surface area (Å²) >= 11 is 0. The van der Waals surface area contributed by atoms with Crippen LogP contribution >= 0.6 is 0 Å². The molecule has 1 saturated carbocycles. The molecule has 4 rings (SSSR count). The zero-order valence-corrected chi connectivity index (χ0v) is 12.2. The SMILES string of the molecule is C1CCc2c(nc(C3CC3)nc2N2CCCNCC2)C1. The molecular weight excluding hydrogens is 248 g/mol. The molecule has 1 aliphatic heterocycles. The Hall–Kier alpha value is -1.16. The second kappa shape index (κ2) is 5.32. The summed E-state index contributed by atoms with van der Waals surface area (Å²) in [7, 11) is 0. The fourth-order valence-corrected chi connectivity index (χ4v) is 3.44. The van der Waals surface area contributed by atoms with E-state index in [2.05, 4.69) is 10.2 Å². The third-order valence-electron chi connectivity index (χ3n) is 4.76. The lowest BCUT2D eigenvalue weighted by Crippen LogP contribution is -2.31. The van der Waals surface area contributed by atoms with E-state index < -0.39 is 0 Å². The molecule has 1 N–H and O–H groups in total. The summed E-state index contributed by atoms with van der Waals surface area (Å²) in [6, 6.07) is 0. The molecule has 0 spiro atoms. The van der Waals surface area contributed by atoms with Gasteiger partial charge in [0, 0.05) is 36.8 Å². The number of anilines is 1. The smallest absolute Gasteiger partial charge is 0.135 e. The van der Waals surface area contributed by atoms with Gasteiger partial charge in [-0.1, -0.05) is 0 Å². The third kappa shape index (κ3) is 2.41. The highest BCUT2D eigenvalue weighted by Crippen LogP contribution is 2.40. The minimum absolute atomic E-state index is 0.658. The predicted octanol–water partition coefficient (Wildman–Crippen LogP) is 2.03. The van der Waals surface area contributed by atoms with E-state index in [1.54, 1.807) is 0 Å². The molecule has 2 heterocycles. The molecule has 2 aliphatic carbocycles. The van der Waals surface area contributed by atoms with Gasteiger partial charge in [-0.15, -0.1) is 0 Å². The second-order valence-electron chi connectivity index (χ2n) is 6.40. The summed E-state index contributed by atoms with van der Waals surface area (Å²) in [5.41, 5.74) is 2.82. The van der Waals surface area contributed by atoms with E-state index in [1.807, 2.05) is 0 Å². The number of rotatable bonds is 2. The minimum atomic E-state index is 0.658. The van der Waals surface area contributed by atoms with Crippen LogP contribution in [0.25, 0.3) is 0 Å². The number of nitrogens with zero attached hydrogens (tertiary/aromatic N) is 3. The monoisotopic (exact) mass is 272 g/mol. The Labute approximate surface area is 121 Å². The van der Waals surface area contributed by atoms with Crippen LogP contribution in [0.3, 0.4) is 0 Å². The summed E-state index contributed by atoms with van der Waals surface area (Å²) in [5, 5.41) is 3.49. The molecule has 0 aromatic carbocycles. The Bertz CT molecular complexity index is 487. The van der Waals surface area contributed by atoms with Gasteiger partial charge in [0.25, 0.3) is 0 Å². The van der Waals surface area contributed by atoms with E-state index in [1.165, 1.54) is 55.6 Å². The van der Waals surface area contributed by atoms with Crippen molar-refractivity contribution in [1.82, 2.24) is 15.3 Å². The molecule has 0 bridgehead atoms. The molecule has 1 saturated heterocycles. The van der Waals surface area contributed by atoms with Gasteiger partial charge in [0.2, 0.25) is 0 Å². The number of hydrogen-bond acceptors (Lipinski definition) is 4. The maximum atomic E-state index is 5.00. The van der Waals surface area contributed by atoms with E-state index in [4.69, 9.17) is 9.97 Å². The Morgan fingerprint density at radius 3 is 2.75 bits per heavy atom. The van der Waals surface area contributed by atoms with Gasteiger partial charge in [-0.25, -0.2) is 9.97 Å². The molecular formula is C16H24N4. The van der Waals surface area contributed by atoms with Crippen molar-refractivity contribution in [2.24, 2.45) is 0 Å². The van der Waals surface area contributed by atoms with Crippen molar-refractivity contribution in [2.45, 2.75) is 50.9 Å². The molecule has 4 heteroatoms. The van der Waals surface area contributed by atoms with Gasteiger partial charge in [0.15, 0.2) is 0 Å². The quantitative estimate of drug-likeness (QED) is 0.894. The van der Waals surface area contributed by atoms with Crippen molar-refractivity contribution in [3.63, 3.8) is 0 Å². The highest BCUT2D eigenvalue weighted by molar-refractivity contribution is 5.51. The normalized spacial score (nSPS) is 23.3. The van der Waals surface area contributed by atoms with Crippen LogP contribution in [0.5, 0.6) is 0 Å². The Balaban J connectivity index is 1.73. The molecule has 0 atom stereocenters. The fourth-order valence-electron chi connectivity index (χ4n) is 3.44. The lowest BCUT2D eigenvalue weighted by atomic mass is 9.95. The second-order valence-corrected chi connectivity index (χ2v) is 6.40. The summed E-state index contributed by atoms with van der Waals surface area (Å²) in [5.74, 6) is 3.07. The average Bonchev–Trinajstić information content (AvgIpc) is 3.32. The maximum Gasteiger partial charge on any atom is 0.135 e. The number of hydrogen-bond donors (Lipinski definition) is 1. The molecule has 1 aromatic heterocycles. The van der Waals surface area contributed by atoms with Crippen molar-refractivity contribution in [3.05, 3.63) is 17.1 Å². The Morgan fingerprint density at radius 2 is 1.85 bits per heavy atom. The van der Waals surface area contributed by atoms with E-state index in [9.17, 15) is 0 Å². The standard InChI is InChI=1S/C16H24N4/c1-2-5-14-13(4-1)16(19-15(18-14)12-6-7-12)20-10-3-8-17-9-11-20/h12,17H,1-11H2. The average molecular weight is 272 g/mol. The first-order chi connectivity index (χ1) is 9.92. The molecule has 0 radical (unpaired) electrons. The lowest BCUT2D eigenvalue weighted by Gasteiger charge is -2.27. The van der Waals surface area contributed by atoms with Crippen LogP contribution in [0.1, 0.15) is 55.1 Å². The van der Waals surface area contributed by atoms with Crippen LogP contribution in [0.15, 0.2) is 0 Å². The number of aromatic nitrogens is 2. The van der Waals surface area contributed by atoms with Crippen molar-refractivity contribution < 1.29 is 0 Å². The number of fused-ring (bicyclic) bond motifs is 1. The van der Waals surface area contributed by atoms with Crippen molar-refractivity contribution in [3.8, 4) is 0 Å². The van der Waals surface area contributed by atoms with Gasteiger partial charge >= 0.3 is 0 Å². The molecule has 0 amide bonds. The fraction of sp³-hybridized carbons (Fsp3) is 0.750. The highest BCUT2D eigenvalue weighted by atomic mass is 15.2. The van der Waals surface area contributed by atoms with Crippen LogP contribution in [0.4, 0.5) is 5.82 Å². The van der Waals surface area contributed by atoms with E-state index in [-0.39, 0.29) is 0 Å². The topological polar surface area (TPSA) is 41.1 Å². The van der Waals surface area contributed by atoms with Crippen molar-refractivity contribution in [2.75, 3.05) is 31.1 Å². The molecule has 20 heavy (non-hydrogen) atoms. The molecule has 4 nitrogen and oxygen atoms in total. The van der Waals surface area contributed by atoms with E-state index >= 15 is 0 Å². The van der Waals surface area contributed by atoms with Crippen LogP contribution in [-0.2, 0) is 12.8 Å².